The van der Waals surface area contributed by atoms with E-state index in [4.69, 9.17) is 0 Å². The molecule has 142 valence electrons. The number of nitrogens with one attached hydrogen (secondary N) is 1. The first-order chi connectivity index (χ1) is 13.7. The van der Waals surface area contributed by atoms with Crippen molar-refractivity contribution in [3.63, 3.8) is 0 Å². The first-order valence-electron chi connectivity index (χ1n) is 9.96. The number of aromatic amines is 1. The van der Waals surface area contributed by atoms with Gasteiger partial charge in [0.1, 0.15) is 5.69 Å². The van der Waals surface area contributed by atoms with E-state index in [1.165, 1.54) is 19.3 Å². The number of carbonyl (C=O) groups excluding carboxylic acids is 1. The maximum Gasteiger partial charge on any atom is 0.273 e. The van der Waals surface area contributed by atoms with Crippen LogP contribution in [0.25, 0.3) is 11.3 Å². The lowest BCUT2D eigenvalue weighted by Crippen LogP contribution is -2.40. The highest BCUT2D eigenvalue weighted by Crippen LogP contribution is 2.45. The number of nitrogens with zero attached hydrogens (tertiary/aromatic N) is 2. The summed E-state index contributed by atoms with van der Waals surface area (Å²) in [7, 11) is 0. The Morgan fingerprint density at radius 3 is 2.54 bits per heavy atom. The molecule has 1 saturated carbocycles. The van der Waals surface area contributed by atoms with Crippen LogP contribution < -0.4 is 0 Å². The molecule has 1 amide bonds. The Kier molecular flexibility index (Phi) is 4.55. The molecular formula is C23H22BrN3O. The molecule has 1 unspecified atom stereocenters. The number of benzene rings is 2. The van der Waals surface area contributed by atoms with Crippen molar-refractivity contribution in [1.29, 1.82) is 0 Å². The summed E-state index contributed by atoms with van der Waals surface area (Å²) in [5, 5.41) is 7.62. The van der Waals surface area contributed by atoms with Gasteiger partial charge in [0.05, 0.1) is 11.7 Å². The molecule has 5 rings (SSSR count). The molecule has 0 bridgehead atoms. The normalized spacial score (nSPS) is 19.8. The lowest BCUT2D eigenvalue weighted by Gasteiger charge is -2.36. The number of fused-ring (bicyclic) bond motifs is 1. The molecule has 3 aromatic rings. The van der Waals surface area contributed by atoms with Gasteiger partial charge in [-0.25, -0.2) is 0 Å². The number of halogens is 1. The summed E-state index contributed by atoms with van der Waals surface area (Å²) in [5.74, 6) is 0.0848. The summed E-state index contributed by atoms with van der Waals surface area (Å²) in [6.45, 7) is 0. The van der Waals surface area contributed by atoms with Crippen LogP contribution in [-0.4, -0.2) is 27.0 Å². The van der Waals surface area contributed by atoms with E-state index in [1.807, 2.05) is 30.3 Å². The van der Waals surface area contributed by atoms with Crippen molar-refractivity contribution < 1.29 is 4.79 Å². The van der Waals surface area contributed by atoms with Gasteiger partial charge in [0.15, 0.2) is 0 Å². The molecule has 2 aromatic carbocycles. The summed E-state index contributed by atoms with van der Waals surface area (Å²) < 4.78 is 1.03. The summed E-state index contributed by atoms with van der Waals surface area (Å²) in [5.41, 5.74) is 4.71. The topological polar surface area (TPSA) is 49.0 Å². The van der Waals surface area contributed by atoms with Crippen molar-refractivity contribution in [2.45, 2.75) is 44.2 Å². The van der Waals surface area contributed by atoms with Gasteiger partial charge in [-0.15, -0.1) is 0 Å². The summed E-state index contributed by atoms with van der Waals surface area (Å²) in [6, 6.07) is 18.7. The van der Waals surface area contributed by atoms with Crippen molar-refractivity contribution in [2.75, 3.05) is 0 Å². The van der Waals surface area contributed by atoms with E-state index in [-0.39, 0.29) is 18.0 Å². The van der Waals surface area contributed by atoms with Crippen LogP contribution in [0.1, 0.15) is 59.8 Å². The SMILES string of the molecule is O=C1c2[nH]nc(-c3ccccc3)c2C(c2cccc(Br)c2)N1C1CCCCC1. The molecule has 1 atom stereocenters. The second-order valence-corrected chi connectivity index (χ2v) is 8.60. The van der Waals surface area contributed by atoms with E-state index in [0.717, 1.165) is 39.7 Å². The molecule has 0 spiro atoms. The van der Waals surface area contributed by atoms with E-state index >= 15 is 0 Å². The number of hydrogen-bond acceptors (Lipinski definition) is 2. The van der Waals surface area contributed by atoms with Gasteiger partial charge in [-0.2, -0.15) is 5.10 Å². The smallest absolute Gasteiger partial charge is 0.273 e. The summed E-state index contributed by atoms with van der Waals surface area (Å²) in [4.78, 5) is 15.6. The number of hydrogen-bond donors (Lipinski definition) is 1. The van der Waals surface area contributed by atoms with Gasteiger partial charge in [0.2, 0.25) is 0 Å². The maximum atomic E-state index is 13.5. The third kappa shape index (κ3) is 2.89. The predicted molar refractivity (Wildman–Crippen MR) is 113 cm³/mol. The zero-order valence-electron chi connectivity index (χ0n) is 15.6. The highest BCUT2D eigenvalue weighted by atomic mass is 79.9. The second kappa shape index (κ2) is 7.21. The quantitative estimate of drug-likeness (QED) is 0.571. The third-order valence-corrected chi connectivity index (χ3v) is 6.48. The first kappa shape index (κ1) is 17.7. The van der Waals surface area contributed by atoms with Gasteiger partial charge in [0, 0.05) is 21.6 Å². The summed E-state index contributed by atoms with van der Waals surface area (Å²) >= 11 is 3.61. The van der Waals surface area contributed by atoms with Gasteiger partial charge in [0.25, 0.3) is 5.91 Å². The number of H-pyrrole nitrogens is 1. The molecule has 4 nitrogen and oxygen atoms in total. The van der Waals surface area contributed by atoms with Crippen LogP contribution in [0.2, 0.25) is 0 Å². The van der Waals surface area contributed by atoms with Crippen molar-refractivity contribution >= 4 is 21.8 Å². The van der Waals surface area contributed by atoms with Gasteiger partial charge < -0.3 is 4.90 Å². The molecule has 2 aliphatic rings. The zero-order valence-corrected chi connectivity index (χ0v) is 17.2. The van der Waals surface area contributed by atoms with Crippen LogP contribution in [0.15, 0.2) is 59.1 Å². The van der Waals surface area contributed by atoms with E-state index in [2.05, 4.69) is 55.3 Å². The predicted octanol–water partition coefficient (Wildman–Crippen LogP) is 5.72. The summed E-state index contributed by atoms with van der Waals surface area (Å²) in [6.07, 6.45) is 5.81. The largest absolute Gasteiger partial charge is 0.323 e. The van der Waals surface area contributed by atoms with Crippen molar-refractivity contribution in [2.24, 2.45) is 0 Å². The highest BCUT2D eigenvalue weighted by Gasteiger charge is 2.45. The van der Waals surface area contributed by atoms with Gasteiger partial charge >= 0.3 is 0 Å². The Hall–Kier alpha value is -2.40. The fourth-order valence-corrected chi connectivity index (χ4v) is 5.14. The van der Waals surface area contributed by atoms with Gasteiger partial charge in [-0.1, -0.05) is 77.7 Å². The maximum absolute atomic E-state index is 13.5. The Balaban J connectivity index is 1.68. The van der Waals surface area contributed by atoms with E-state index in [0.29, 0.717) is 5.69 Å². The first-order valence-corrected chi connectivity index (χ1v) is 10.7. The van der Waals surface area contributed by atoms with Crippen LogP contribution in [0.3, 0.4) is 0 Å². The van der Waals surface area contributed by atoms with Crippen molar-refractivity contribution in [1.82, 2.24) is 15.1 Å². The highest BCUT2D eigenvalue weighted by molar-refractivity contribution is 9.10. The fraction of sp³-hybridized carbons (Fsp3) is 0.304. The molecule has 0 saturated heterocycles. The Labute approximate surface area is 173 Å². The van der Waals surface area contributed by atoms with E-state index in [1.54, 1.807) is 0 Å². The molecule has 1 aliphatic carbocycles. The van der Waals surface area contributed by atoms with Gasteiger partial charge in [-0.3, -0.25) is 9.89 Å². The van der Waals surface area contributed by atoms with E-state index < -0.39 is 0 Å². The van der Waals surface area contributed by atoms with Gasteiger partial charge in [-0.05, 0) is 30.5 Å². The molecular weight excluding hydrogens is 414 g/mol. The van der Waals surface area contributed by atoms with Crippen molar-refractivity contribution in [3.8, 4) is 11.3 Å². The molecule has 28 heavy (non-hydrogen) atoms. The second-order valence-electron chi connectivity index (χ2n) is 7.69. The van der Waals surface area contributed by atoms with E-state index in [9.17, 15) is 4.79 Å². The zero-order chi connectivity index (χ0) is 19.1. The molecule has 5 heteroatoms. The van der Waals surface area contributed by atoms with Crippen LogP contribution in [0.4, 0.5) is 0 Å². The van der Waals surface area contributed by atoms with Crippen LogP contribution in [0.5, 0.6) is 0 Å². The molecule has 1 aliphatic heterocycles. The number of amides is 1. The number of aromatic nitrogens is 2. The molecule has 2 heterocycles. The third-order valence-electron chi connectivity index (χ3n) is 5.98. The Morgan fingerprint density at radius 1 is 1.00 bits per heavy atom. The number of rotatable bonds is 3. The Morgan fingerprint density at radius 2 is 1.79 bits per heavy atom. The minimum atomic E-state index is -0.0999. The average Bonchev–Trinajstić information content (AvgIpc) is 3.28. The lowest BCUT2D eigenvalue weighted by atomic mass is 9.91. The minimum Gasteiger partial charge on any atom is -0.323 e. The van der Waals surface area contributed by atoms with Crippen LogP contribution >= 0.6 is 15.9 Å². The minimum absolute atomic E-state index is 0.0848. The van der Waals surface area contributed by atoms with Crippen LogP contribution in [0, 0.1) is 0 Å². The van der Waals surface area contributed by atoms with Crippen LogP contribution in [-0.2, 0) is 0 Å². The molecule has 1 fully saturated rings. The number of carbonyl (C=O) groups is 1. The standard InChI is InChI=1S/C23H22BrN3O/c24-17-11-7-10-16(14-17)22-19-20(15-8-3-1-4-9-15)25-26-21(19)23(28)27(22)18-12-5-2-6-13-18/h1,3-4,7-11,14,18,22H,2,5-6,12-13H2,(H,25,26). The molecule has 1 N–H and O–H groups in total. The molecule has 1 aromatic heterocycles. The monoisotopic (exact) mass is 435 g/mol. The molecule has 0 radical (unpaired) electrons. The lowest BCUT2D eigenvalue weighted by molar-refractivity contribution is 0.0606. The van der Waals surface area contributed by atoms with Crippen molar-refractivity contribution in [3.05, 3.63) is 75.9 Å². The average molecular weight is 436 g/mol. The Bertz CT molecular complexity index is 1010. The fourth-order valence-electron chi connectivity index (χ4n) is 4.72.